The fourth-order valence-electron chi connectivity index (χ4n) is 5.97. The van der Waals surface area contributed by atoms with E-state index >= 15 is 0 Å². The molecular weight excluding hydrogens is 492 g/mol. The van der Waals surface area contributed by atoms with Crippen LogP contribution in [-0.4, -0.2) is 66.5 Å². The summed E-state index contributed by atoms with van der Waals surface area (Å²) < 4.78 is 86.6. The molecule has 0 amide bonds. The molecule has 1 aliphatic carbocycles. The zero-order chi connectivity index (χ0) is 26.5. The molecule has 2 fully saturated rings. The minimum Gasteiger partial charge on any atom is -0.311 e. The van der Waals surface area contributed by atoms with E-state index in [-0.39, 0.29) is 31.2 Å². The van der Waals surface area contributed by atoms with Crippen LogP contribution in [0.15, 0.2) is 60.7 Å². The van der Waals surface area contributed by atoms with Crippen LogP contribution < -0.4 is 5.32 Å². The van der Waals surface area contributed by atoms with E-state index in [0.717, 1.165) is 24.8 Å². The van der Waals surface area contributed by atoms with Gasteiger partial charge in [-0.3, -0.25) is 9.80 Å². The Hall–Kier alpha value is -2.10. The molecule has 1 heterocycles. The molecule has 1 N–H and O–H groups in total. The first-order valence-corrected chi connectivity index (χ1v) is 13.1. The first kappa shape index (κ1) is 27.9. The molecule has 204 valence electrons. The Bertz CT molecular complexity index is 944. The molecule has 3 nitrogen and oxygen atoms in total. The topological polar surface area (TPSA) is 18.5 Å². The number of alkyl halides is 6. The van der Waals surface area contributed by atoms with Gasteiger partial charge in [0.2, 0.25) is 0 Å². The summed E-state index contributed by atoms with van der Waals surface area (Å²) in [7, 11) is 0. The van der Waals surface area contributed by atoms with Crippen molar-refractivity contribution >= 4 is 0 Å². The van der Waals surface area contributed by atoms with Gasteiger partial charge in [-0.05, 0) is 24.0 Å². The number of hydrogen-bond donors (Lipinski definition) is 1. The second-order valence-corrected chi connectivity index (χ2v) is 10.2. The zero-order valence-corrected chi connectivity index (χ0v) is 20.8. The maximum Gasteiger partial charge on any atom is 0.405 e. The minimum atomic E-state index is -4.62. The lowest BCUT2D eigenvalue weighted by Gasteiger charge is -2.50. The van der Waals surface area contributed by atoms with Crippen molar-refractivity contribution in [1.29, 1.82) is 0 Å². The average molecular weight is 528 g/mol. The maximum atomic E-state index is 14.6. The summed E-state index contributed by atoms with van der Waals surface area (Å²) in [6.07, 6.45) is -4.90. The monoisotopic (exact) mass is 527 g/mol. The van der Waals surface area contributed by atoms with Crippen molar-refractivity contribution in [2.45, 2.75) is 75.0 Å². The standard InChI is InChI=1S/C28H35F6N3/c29-27(30,31)25-20-36(16-17-37(25)23-14-8-3-9-15-23)24(19-35-18-21-10-4-1-5-11-21)26(28(32,33)34)22-12-6-2-7-13-22/h1-2,4-7,10-13,23-26,35H,3,8-9,14-20H2. The van der Waals surface area contributed by atoms with E-state index in [1.807, 2.05) is 30.3 Å². The lowest BCUT2D eigenvalue weighted by atomic mass is 9.87. The molecule has 3 atom stereocenters. The van der Waals surface area contributed by atoms with Crippen LogP contribution in [0, 0.1) is 0 Å². The SMILES string of the molecule is FC(F)(F)C(c1ccccc1)C(CNCc1ccccc1)N1CCN(C2CCCCC2)C(C(F)(F)F)C1. The van der Waals surface area contributed by atoms with Crippen LogP contribution >= 0.6 is 0 Å². The third kappa shape index (κ3) is 7.27. The summed E-state index contributed by atoms with van der Waals surface area (Å²) in [6, 6.07) is 13.7. The highest BCUT2D eigenvalue weighted by Crippen LogP contribution is 2.41. The van der Waals surface area contributed by atoms with Crippen LogP contribution in [0.25, 0.3) is 0 Å². The van der Waals surface area contributed by atoms with Gasteiger partial charge >= 0.3 is 12.4 Å². The first-order chi connectivity index (χ1) is 17.6. The number of nitrogens with zero attached hydrogens (tertiary/aromatic N) is 2. The van der Waals surface area contributed by atoms with Crippen molar-refractivity contribution in [2.24, 2.45) is 0 Å². The van der Waals surface area contributed by atoms with Crippen LogP contribution in [-0.2, 0) is 6.54 Å². The van der Waals surface area contributed by atoms with Gasteiger partial charge in [-0.25, -0.2) is 0 Å². The molecule has 37 heavy (non-hydrogen) atoms. The Morgan fingerprint density at radius 2 is 1.43 bits per heavy atom. The van der Waals surface area contributed by atoms with Crippen LogP contribution in [0.1, 0.15) is 49.1 Å². The van der Waals surface area contributed by atoms with Gasteiger partial charge in [0.1, 0.15) is 6.04 Å². The molecule has 2 aliphatic rings. The Kier molecular flexibility index (Phi) is 9.19. The highest BCUT2D eigenvalue weighted by molar-refractivity contribution is 5.24. The second-order valence-electron chi connectivity index (χ2n) is 10.2. The summed E-state index contributed by atoms with van der Waals surface area (Å²) in [5, 5.41) is 3.11. The number of halogens is 6. The van der Waals surface area contributed by atoms with Gasteiger partial charge < -0.3 is 5.32 Å². The number of piperazine rings is 1. The van der Waals surface area contributed by atoms with E-state index < -0.39 is 36.9 Å². The molecule has 0 spiro atoms. The molecule has 9 heteroatoms. The van der Waals surface area contributed by atoms with Crippen molar-refractivity contribution in [3.8, 4) is 0 Å². The summed E-state index contributed by atoms with van der Waals surface area (Å²) >= 11 is 0. The smallest absolute Gasteiger partial charge is 0.311 e. The highest BCUT2D eigenvalue weighted by atomic mass is 19.4. The molecule has 2 aromatic carbocycles. The first-order valence-electron chi connectivity index (χ1n) is 13.1. The summed E-state index contributed by atoms with van der Waals surface area (Å²) in [5.74, 6) is -1.91. The lowest BCUT2D eigenvalue weighted by molar-refractivity contribution is -0.213. The predicted molar refractivity (Wildman–Crippen MR) is 132 cm³/mol. The molecule has 1 aliphatic heterocycles. The largest absolute Gasteiger partial charge is 0.405 e. The Balaban J connectivity index is 1.61. The number of rotatable bonds is 8. The molecule has 2 aromatic rings. The third-order valence-electron chi connectivity index (χ3n) is 7.77. The van der Waals surface area contributed by atoms with Gasteiger partial charge in [0.15, 0.2) is 0 Å². The molecule has 1 saturated carbocycles. The van der Waals surface area contributed by atoms with E-state index in [1.54, 1.807) is 18.2 Å². The molecule has 4 rings (SSSR count). The Morgan fingerprint density at radius 1 is 0.811 bits per heavy atom. The summed E-state index contributed by atoms with van der Waals surface area (Å²) in [5.41, 5.74) is 0.972. The predicted octanol–water partition coefficient (Wildman–Crippen LogP) is 6.37. The second kappa shape index (κ2) is 12.2. The van der Waals surface area contributed by atoms with E-state index in [1.165, 1.54) is 21.9 Å². The lowest BCUT2D eigenvalue weighted by Crippen LogP contribution is -2.65. The van der Waals surface area contributed by atoms with Crippen molar-refractivity contribution in [3.05, 3.63) is 71.8 Å². The Morgan fingerprint density at radius 3 is 2.03 bits per heavy atom. The van der Waals surface area contributed by atoms with Gasteiger partial charge in [-0.1, -0.05) is 79.9 Å². The fourth-order valence-corrected chi connectivity index (χ4v) is 5.97. The number of benzene rings is 2. The number of nitrogens with one attached hydrogen (secondary N) is 1. The molecule has 0 bridgehead atoms. The molecule has 3 unspecified atom stereocenters. The highest BCUT2D eigenvalue weighted by Gasteiger charge is 2.53. The van der Waals surface area contributed by atoms with Crippen LogP contribution in [0.4, 0.5) is 26.3 Å². The summed E-state index contributed by atoms with van der Waals surface area (Å²) in [6.45, 7) is 0.0735. The molecule has 1 saturated heterocycles. The van der Waals surface area contributed by atoms with Gasteiger partial charge in [-0.15, -0.1) is 0 Å². The van der Waals surface area contributed by atoms with Crippen LogP contribution in [0.2, 0.25) is 0 Å². The van der Waals surface area contributed by atoms with Gasteiger partial charge in [0.05, 0.1) is 5.92 Å². The van der Waals surface area contributed by atoms with E-state index in [2.05, 4.69) is 5.32 Å². The molecule has 0 aromatic heterocycles. The molecular formula is C28H35F6N3. The van der Waals surface area contributed by atoms with Crippen LogP contribution in [0.3, 0.4) is 0 Å². The van der Waals surface area contributed by atoms with Crippen molar-refractivity contribution < 1.29 is 26.3 Å². The quantitative estimate of drug-likeness (QED) is 0.403. The van der Waals surface area contributed by atoms with Crippen molar-refractivity contribution in [1.82, 2.24) is 15.1 Å². The number of hydrogen-bond acceptors (Lipinski definition) is 3. The van der Waals surface area contributed by atoms with E-state index in [9.17, 15) is 26.3 Å². The van der Waals surface area contributed by atoms with Crippen molar-refractivity contribution in [3.63, 3.8) is 0 Å². The maximum absolute atomic E-state index is 14.6. The van der Waals surface area contributed by atoms with Gasteiger partial charge in [0, 0.05) is 44.8 Å². The zero-order valence-electron chi connectivity index (χ0n) is 20.8. The van der Waals surface area contributed by atoms with Gasteiger partial charge in [-0.2, -0.15) is 26.3 Å². The van der Waals surface area contributed by atoms with E-state index in [4.69, 9.17) is 0 Å². The minimum absolute atomic E-state index is 0.0692. The molecule has 0 radical (unpaired) electrons. The van der Waals surface area contributed by atoms with E-state index in [0.29, 0.717) is 19.4 Å². The fraction of sp³-hybridized carbons (Fsp3) is 0.571. The third-order valence-corrected chi connectivity index (χ3v) is 7.77. The normalized spacial score (nSPS) is 22.6. The van der Waals surface area contributed by atoms with Gasteiger partial charge in [0.25, 0.3) is 0 Å². The van der Waals surface area contributed by atoms with Crippen molar-refractivity contribution in [2.75, 3.05) is 26.2 Å². The summed E-state index contributed by atoms with van der Waals surface area (Å²) in [4.78, 5) is 2.95. The Labute approximate surface area is 214 Å². The van der Waals surface area contributed by atoms with Crippen LogP contribution in [0.5, 0.6) is 0 Å². The average Bonchev–Trinajstić information content (AvgIpc) is 2.88.